The first kappa shape index (κ1) is 14.8. The molecule has 0 spiro atoms. The SMILES string of the molecule is CN(c1ccc(C=O)c(C(F)(F)F)c1)C1CCOCC1. The minimum atomic E-state index is -4.53. The van der Waals surface area contributed by atoms with Crippen molar-refractivity contribution in [3.05, 3.63) is 29.3 Å². The largest absolute Gasteiger partial charge is 0.417 e. The van der Waals surface area contributed by atoms with Gasteiger partial charge in [0.25, 0.3) is 0 Å². The zero-order valence-corrected chi connectivity index (χ0v) is 11.1. The van der Waals surface area contributed by atoms with Gasteiger partial charge in [0.15, 0.2) is 6.29 Å². The molecule has 0 N–H and O–H groups in total. The third-order valence-corrected chi connectivity index (χ3v) is 3.62. The van der Waals surface area contributed by atoms with Crippen molar-refractivity contribution in [3.63, 3.8) is 0 Å². The summed E-state index contributed by atoms with van der Waals surface area (Å²) in [5.41, 5.74) is -0.750. The van der Waals surface area contributed by atoms with Crippen LogP contribution in [0.15, 0.2) is 18.2 Å². The molecule has 0 saturated carbocycles. The van der Waals surface area contributed by atoms with E-state index in [0.29, 0.717) is 18.9 Å². The second-order valence-corrected chi connectivity index (χ2v) is 4.84. The van der Waals surface area contributed by atoms with Gasteiger partial charge in [0.2, 0.25) is 0 Å². The fraction of sp³-hybridized carbons (Fsp3) is 0.500. The third-order valence-electron chi connectivity index (χ3n) is 3.62. The Morgan fingerprint density at radius 1 is 1.30 bits per heavy atom. The number of anilines is 1. The molecule has 1 aromatic carbocycles. The Morgan fingerprint density at radius 2 is 1.95 bits per heavy atom. The first-order valence-corrected chi connectivity index (χ1v) is 6.40. The first-order valence-electron chi connectivity index (χ1n) is 6.40. The number of aldehydes is 1. The number of nitrogens with zero attached hydrogens (tertiary/aromatic N) is 1. The van der Waals surface area contributed by atoms with Crippen LogP contribution in [0.3, 0.4) is 0 Å². The quantitative estimate of drug-likeness (QED) is 0.800. The van der Waals surface area contributed by atoms with Crippen molar-refractivity contribution in [1.82, 2.24) is 0 Å². The second-order valence-electron chi connectivity index (χ2n) is 4.84. The molecule has 110 valence electrons. The summed E-state index contributed by atoms with van der Waals surface area (Å²) in [6.45, 7) is 1.24. The molecule has 1 aliphatic heterocycles. The van der Waals surface area contributed by atoms with E-state index in [0.717, 1.165) is 18.9 Å². The van der Waals surface area contributed by atoms with Gasteiger partial charge in [-0.15, -0.1) is 0 Å². The highest BCUT2D eigenvalue weighted by molar-refractivity contribution is 5.79. The van der Waals surface area contributed by atoms with Crippen LogP contribution in [0.1, 0.15) is 28.8 Å². The Morgan fingerprint density at radius 3 is 2.50 bits per heavy atom. The monoisotopic (exact) mass is 287 g/mol. The van der Waals surface area contributed by atoms with Crippen molar-refractivity contribution in [3.8, 4) is 0 Å². The number of halogens is 3. The van der Waals surface area contributed by atoms with E-state index in [-0.39, 0.29) is 17.9 Å². The Labute approximate surface area is 115 Å². The molecule has 3 nitrogen and oxygen atoms in total. The van der Waals surface area contributed by atoms with Crippen molar-refractivity contribution < 1.29 is 22.7 Å². The highest BCUT2D eigenvalue weighted by atomic mass is 19.4. The standard InChI is InChI=1S/C14H16F3NO2/c1-18(11-4-6-20-7-5-11)12-3-2-10(9-19)13(8-12)14(15,16)17/h2-3,8-9,11H,4-7H2,1H3. The molecule has 2 rings (SSSR count). The molecule has 1 fully saturated rings. The maximum Gasteiger partial charge on any atom is 0.417 e. The van der Waals surface area contributed by atoms with Crippen molar-refractivity contribution in [2.45, 2.75) is 25.1 Å². The lowest BCUT2D eigenvalue weighted by Gasteiger charge is -2.33. The summed E-state index contributed by atoms with van der Waals surface area (Å²) in [7, 11) is 1.77. The average Bonchev–Trinajstić information content (AvgIpc) is 2.46. The minimum absolute atomic E-state index is 0.159. The van der Waals surface area contributed by atoms with Gasteiger partial charge < -0.3 is 9.64 Å². The lowest BCUT2D eigenvalue weighted by Crippen LogP contribution is -2.36. The van der Waals surface area contributed by atoms with E-state index in [9.17, 15) is 18.0 Å². The summed E-state index contributed by atoms with van der Waals surface area (Å²) in [4.78, 5) is 12.6. The normalized spacial score (nSPS) is 17.0. The van der Waals surface area contributed by atoms with Crippen LogP contribution < -0.4 is 4.90 Å². The lowest BCUT2D eigenvalue weighted by molar-refractivity contribution is -0.137. The third kappa shape index (κ3) is 3.12. The number of rotatable bonds is 3. The zero-order valence-electron chi connectivity index (χ0n) is 11.1. The van der Waals surface area contributed by atoms with E-state index in [2.05, 4.69) is 0 Å². The predicted molar refractivity (Wildman–Crippen MR) is 69.1 cm³/mol. The maximum atomic E-state index is 12.9. The van der Waals surface area contributed by atoms with Crippen molar-refractivity contribution in [2.75, 3.05) is 25.2 Å². The van der Waals surface area contributed by atoms with Gasteiger partial charge in [0, 0.05) is 37.6 Å². The van der Waals surface area contributed by atoms with Gasteiger partial charge in [-0.3, -0.25) is 4.79 Å². The fourth-order valence-electron chi connectivity index (χ4n) is 2.40. The first-order chi connectivity index (χ1) is 9.43. The van der Waals surface area contributed by atoms with E-state index in [1.54, 1.807) is 13.1 Å². The van der Waals surface area contributed by atoms with Crippen LogP contribution in [0.2, 0.25) is 0 Å². The van der Waals surface area contributed by atoms with Crippen LogP contribution in [-0.4, -0.2) is 32.6 Å². The Hall–Kier alpha value is -1.56. The van der Waals surface area contributed by atoms with Crippen LogP contribution in [0.25, 0.3) is 0 Å². The van der Waals surface area contributed by atoms with Gasteiger partial charge >= 0.3 is 6.18 Å². The number of carbonyl (C=O) groups excluding carboxylic acids is 1. The number of carbonyl (C=O) groups is 1. The van der Waals surface area contributed by atoms with E-state index >= 15 is 0 Å². The van der Waals surface area contributed by atoms with Crippen LogP contribution in [0.5, 0.6) is 0 Å². The molecule has 6 heteroatoms. The Bertz CT molecular complexity index is 482. The van der Waals surface area contributed by atoms with Crippen molar-refractivity contribution in [2.24, 2.45) is 0 Å². The zero-order chi connectivity index (χ0) is 14.8. The number of alkyl halides is 3. The molecule has 1 heterocycles. The Kier molecular flexibility index (Phi) is 4.32. The second kappa shape index (κ2) is 5.83. The minimum Gasteiger partial charge on any atom is -0.381 e. The number of benzene rings is 1. The molecule has 0 unspecified atom stereocenters. The Balaban J connectivity index is 2.30. The van der Waals surface area contributed by atoms with E-state index in [1.165, 1.54) is 6.07 Å². The molecule has 0 amide bonds. The molecule has 0 bridgehead atoms. The molecule has 0 aliphatic carbocycles. The molecule has 1 saturated heterocycles. The van der Waals surface area contributed by atoms with Gasteiger partial charge in [0.05, 0.1) is 5.56 Å². The van der Waals surface area contributed by atoms with Crippen molar-refractivity contribution in [1.29, 1.82) is 0 Å². The number of ether oxygens (including phenoxy) is 1. The molecular weight excluding hydrogens is 271 g/mol. The lowest BCUT2D eigenvalue weighted by atomic mass is 10.0. The molecular formula is C14H16F3NO2. The molecule has 0 aromatic heterocycles. The van der Waals surface area contributed by atoms with Crippen LogP contribution in [0, 0.1) is 0 Å². The van der Waals surface area contributed by atoms with Crippen LogP contribution >= 0.6 is 0 Å². The van der Waals surface area contributed by atoms with Gasteiger partial charge in [0.1, 0.15) is 0 Å². The van der Waals surface area contributed by atoms with Gasteiger partial charge in [-0.05, 0) is 31.0 Å². The van der Waals surface area contributed by atoms with Gasteiger partial charge in [-0.2, -0.15) is 13.2 Å². The number of hydrogen-bond acceptors (Lipinski definition) is 3. The highest BCUT2D eigenvalue weighted by Crippen LogP contribution is 2.34. The molecule has 20 heavy (non-hydrogen) atoms. The summed E-state index contributed by atoms with van der Waals surface area (Å²) < 4.78 is 44.0. The average molecular weight is 287 g/mol. The summed E-state index contributed by atoms with van der Waals surface area (Å²) in [6.07, 6.45) is -2.72. The maximum absolute atomic E-state index is 12.9. The van der Waals surface area contributed by atoms with E-state index < -0.39 is 11.7 Å². The smallest absolute Gasteiger partial charge is 0.381 e. The summed E-state index contributed by atoms with van der Waals surface area (Å²) in [5.74, 6) is 0. The van der Waals surface area contributed by atoms with Crippen LogP contribution in [0.4, 0.5) is 18.9 Å². The topological polar surface area (TPSA) is 29.5 Å². The predicted octanol–water partition coefficient (Wildman–Crippen LogP) is 3.13. The van der Waals surface area contributed by atoms with E-state index in [4.69, 9.17) is 4.74 Å². The highest BCUT2D eigenvalue weighted by Gasteiger charge is 2.34. The van der Waals surface area contributed by atoms with Crippen molar-refractivity contribution >= 4 is 12.0 Å². The van der Waals surface area contributed by atoms with Gasteiger partial charge in [-0.1, -0.05) is 0 Å². The number of hydrogen-bond donors (Lipinski definition) is 0. The fourth-order valence-corrected chi connectivity index (χ4v) is 2.40. The van der Waals surface area contributed by atoms with E-state index in [1.807, 2.05) is 4.90 Å². The van der Waals surface area contributed by atoms with Crippen LogP contribution in [-0.2, 0) is 10.9 Å². The molecule has 1 aromatic rings. The van der Waals surface area contributed by atoms with Gasteiger partial charge in [-0.25, -0.2) is 0 Å². The molecule has 0 radical (unpaired) electrons. The summed E-state index contributed by atoms with van der Waals surface area (Å²) in [5, 5.41) is 0. The molecule has 1 aliphatic rings. The molecule has 0 atom stereocenters. The summed E-state index contributed by atoms with van der Waals surface area (Å²) >= 11 is 0. The summed E-state index contributed by atoms with van der Waals surface area (Å²) in [6, 6.07) is 3.97.